The number of carbonyl (C=O) groups is 1. The molecule has 2 fully saturated rings. The zero-order valence-corrected chi connectivity index (χ0v) is 9.37. The van der Waals surface area contributed by atoms with E-state index >= 15 is 0 Å². The van der Waals surface area contributed by atoms with Crippen LogP contribution in [0, 0.1) is 0 Å². The van der Waals surface area contributed by atoms with E-state index in [1.807, 2.05) is 11.8 Å². The Hall–Kier alpha value is -0.220. The van der Waals surface area contributed by atoms with Gasteiger partial charge >= 0.3 is 0 Å². The average Bonchev–Trinajstić information content (AvgIpc) is 2.63. The van der Waals surface area contributed by atoms with E-state index in [9.17, 15) is 4.79 Å². The van der Waals surface area contributed by atoms with Gasteiger partial charge in [0.15, 0.2) is 0 Å². The van der Waals surface area contributed by atoms with Gasteiger partial charge in [0.25, 0.3) is 0 Å². The van der Waals surface area contributed by atoms with Gasteiger partial charge in [-0.1, -0.05) is 0 Å². The highest BCUT2D eigenvalue weighted by Crippen LogP contribution is 2.30. The van der Waals surface area contributed by atoms with Crippen LogP contribution in [0.25, 0.3) is 0 Å². The fraction of sp³-hybridized carbons (Fsp3) is 0.900. The molecule has 80 valence electrons. The number of ether oxygens (including phenoxy) is 1. The van der Waals surface area contributed by atoms with Gasteiger partial charge in [-0.3, -0.25) is 4.79 Å². The van der Waals surface area contributed by atoms with Crippen LogP contribution in [0.4, 0.5) is 0 Å². The van der Waals surface area contributed by atoms with Crippen molar-refractivity contribution < 1.29 is 9.53 Å². The number of amides is 1. The van der Waals surface area contributed by atoms with Gasteiger partial charge in [0.2, 0.25) is 5.91 Å². The summed E-state index contributed by atoms with van der Waals surface area (Å²) in [5.41, 5.74) is 0. The van der Waals surface area contributed by atoms with Crippen molar-refractivity contribution in [2.45, 2.75) is 43.6 Å². The first kappa shape index (κ1) is 10.3. The molecule has 2 aliphatic rings. The van der Waals surface area contributed by atoms with E-state index in [0.717, 1.165) is 19.4 Å². The number of hydrogen-bond acceptors (Lipinski definition) is 3. The maximum absolute atomic E-state index is 11.8. The van der Waals surface area contributed by atoms with Gasteiger partial charge in [0.05, 0.1) is 24.0 Å². The van der Waals surface area contributed by atoms with Crippen molar-refractivity contribution in [3.05, 3.63) is 0 Å². The molecule has 1 saturated carbocycles. The third kappa shape index (κ3) is 1.77. The van der Waals surface area contributed by atoms with E-state index in [-0.39, 0.29) is 11.2 Å². The molecule has 3 unspecified atom stereocenters. The largest absolute Gasteiger partial charge is 0.374 e. The molecule has 0 N–H and O–H groups in total. The highest BCUT2D eigenvalue weighted by Gasteiger charge is 2.38. The van der Waals surface area contributed by atoms with E-state index in [4.69, 9.17) is 4.74 Å². The highest BCUT2D eigenvalue weighted by atomic mass is 32.1. The molecule has 0 aromatic rings. The number of hydrogen-bond donors (Lipinski definition) is 1. The zero-order valence-electron chi connectivity index (χ0n) is 8.48. The average molecular weight is 215 g/mol. The van der Waals surface area contributed by atoms with Gasteiger partial charge in [-0.25, -0.2) is 0 Å². The van der Waals surface area contributed by atoms with Crippen molar-refractivity contribution in [1.82, 2.24) is 4.90 Å². The number of nitrogens with zero attached hydrogens (tertiary/aromatic N) is 1. The summed E-state index contributed by atoms with van der Waals surface area (Å²) in [6, 6.07) is 0.325. The van der Waals surface area contributed by atoms with E-state index in [0.29, 0.717) is 18.8 Å². The van der Waals surface area contributed by atoms with E-state index in [1.165, 1.54) is 6.42 Å². The van der Waals surface area contributed by atoms with Gasteiger partial charge in [-0.15, -0.1) is 0 Å². The van der Waals surface area contributed by atoms with Gasteiger partial charge in [-0.05, 0) is 26.2 Å². The molecular weight excluding hydrogens is 198 g/mol. The Morgan fingerprint density at radius 2 is 2.36 bits per heavy atom. The standard InChI is InChI=1S/C10H17NO2S/c1-7(14)10(12)11-5-6-13-9-4-2-3-8(9)11/h7-9,14H,2-6H2,1H3. The molecule has 0 aromatic carbocycles. The van der Waals surface area contributed by atoms with Gasteiger partial charge < -0.3 is 9.64 Å². The molecule has 0 aromatic heterocycles. The molecule has 3 atom stereocenters. The van der Waals surface area contributed by atoms with Crippen molar-refractivity contribution in [2.24, 2.45) is 0 Å². The summed E-state index contributed by atoms with van der Waals surface area (Å²) in [6.45, 7) is 3.27. The molecule has 3 nitrogen and oxygen atoms in total. The Morgan fingerprint density at radius 3 is 3.07 bits per heavy atom. The van der Waals surface area contributed by atoms with Crippen LogP contribution < -0.4 is 0 Å². The lowest BCUT2D eigenvalue weighted by atomic mass is 10.1. The molecule has 1 amide bonds. The van der Waals surface area contributed by atoms with Gasteiger partial charge in [-0.2, -0.15) is 12.6 Å². The number of rotatable bonds is 1. The maximum atomic E-state index is 11.8. The predicted octanol–water partition coefficient (Wildman–Crippen LogP) is 1.08. The van der Waals surface area contributed by atoms with Crippen LogP contribution in [0.3, 0.4) is 0 Å². The Morgan fingerprint density at radius 1 is 1.57 bits per heavy atom. The molecule has 0 spiro atoms. The summed E-state index contributed by atoms with van der Waals surface area (Å²) in [6.07, 6.45) is 3.67. The van der Waals surface area contributed by atoms with Crippen LogP contribution in [0.5, 0.6) is 0 Å². The first-order chi connectivity index (χ1) is 6.70. The maximum Gasteiger partial charge on any atom is 0.235 e. The van der Waals surface area contributed by atoms with E-state index in [2.05, 4.69) is 12.6 Å². The van der Waals surface area contributed by atoms with Crippen molar-refractivity contribution in [1.29, 1.82) is 0 Å². The second-order valence-corrected chi connectivity index (χ2v) is 4.89. The summed E-state index contributed by atoms with van der Waals surface area (Å²) >= 11 is 4.20. The fourth-order valence-electron chi connectivity index (χ4n) is 2.44. The van der Waals surface area contributed by atoms with E-state index in [1.54, 1.807) is 0 Å². The minimum atomic E-state index is -0.186. The third-order valence-corrected chi connectivity index (χ3v) is 3.34. The molecule has 4 heteroatoms. The van der Waals surface area contributed by atoms with Crippen LogP contribution in [-0.2, 0) is 9.53 Å². The Labute approximate surface area is 90.2 Å². The molecule has 14 heavy (non-hydrogen) atoms. The molecule has 1 aliphatic carbocycles. The van der Waals surface area contributed by atoms with Crippen molar-refractivity contribution in [3.63, 3.8) is 0 Å². The summed E-state index contributed by atoms with van der Waals surface area (Å²) in [7, 11) is 0. The first-order valence-corrected chi connectivity index (χ1v) is 5.82. The highest BCUT2D eigenvalue weighted by molar-refractivity contribution is 7.81. The number of carbonyl (C=O) groups excluding carboxylic acids is 1. The topological polar surface area (TPSA) is 29.5 Å². The van der Waals surface area contributed by atoms with Crippen LogP contribution in [0.2, 0.25) is 0 Å². The summed E-state index contributed by atoms with van der Waals surface area (Å²) in [4.78, 5) is 13.8. The zero-order chi connectivity index (χ0) is 10.1. The lowest BCUT2D eigenvalue weighted by molar-refractivity contribution is -0.143. The Balaban J connectivity index is 2.06. The van der Waals surface area contributed by atoms with Crippen molar-refractivity contribution >= 4 is 18.5 Å². The monoisotopic (exact) mass is 215 g/mol. The van der Waals surface area contributed by atoms with Crippen LogP contribution in [-0.4, -0.2) is 41.4 Å². The third-order valence-electron chi connectivity index (χ3n) is 3.12. The Kier molecular flexibility index (Phi) is 3.02. The molecule has 1 aliphatic heterocycles. The van der Waals surface area contributed by atoms with Gasteiger partial charge in [0.1, 0.15) is 0 Å². The summed E-state index contributed by atoms with van der Waals surface area (Å²) in [5.74, 6) is 0.161. The molecular formula is C10H17NO2S. The van der Waals surface area contributed by atoms with Crippen LogP contribution >= 0.6 is 12.6 Å². The van der Waals surface area contributed by atoms with E-state index < -0.39 is 0 Å². The normalized spacial score (nSPS) is 34.0. The SMILES string of the molecule is CC(S)C(=O)N1CCOC2CCCC21. The first-order valence-electron chi connectivity index (χ1n) is 5.30. The predicted molar refractivity (Wildman–Crippen MR) is 57.5 cm³/mol. The van der Waals surface area contributed by atoms with Crippen LogP contribution in [0.1, 0.15) is 26.2 Å². The lowest BCUT2D eigenvalue weighted by Crippen LogP contribution is -2.53. The lowest BCUT2D eigenvalue weighted by Gasteiger charge is -2.38. The Bertz CT molecular complexity index is 232. The summed E-state index contributed by atoms with van der Waals surface area (Å²) in [5, 5.41) is -0.186. The molecule has 0 bridgehead atoms. The fourth-order valence-corrected chi connectivity index (χ4v) is 2.59. The number of morpholine rings is 1. The molecule has 0 radical (unpaired) electrons. The quantitative estimate of drug-likeness (QED) is 0.663. The second kappa shape index (κ2) is 4.11. The smallest absolute Gasteiger partial charge is 0.235 e. The summed E-state index contributed by atoms with van der Waals surface area (Å²) < 4.78 is 5.64. The van der Waals surface area contributed by atoms with Crippen molar-refractivity contribution in [3.8, 4) is 0 Å². The molecule has 1 saturated heterocycles. The molecule has 1 heterocycles. The van der Waals surface area contributed by atoms with Crippen LogP contribution in [0.15, 0.2) is 0 Å². The van der Waals surface area contributed by atoms with Crippen molar-refractivity contribution in [2.75, 3.05) is 13.2 Å². The number of fused-ring (bicyclic) bond motifs is 1. The minimum Gasteiger partial charge on any atom is -0.374 e. The van der Waals surface area contributed by atoms with Gasteiger partial charge in [0, 0.05) is 6.54 Å². The number of thiol groups is 1. The minimum absolute atomic E-state index is 0.161. The molecule has 2 rings (SSSR count). The second-order valence-electron chi connectivity index (χ2n) is 4.12.